The third kappa shape index (κ3) is 2.78. The lowest BCUT2D eigenvalue weighted by Crippen LogP contribution is -2.53. The molecule has 0 spiro atoms. The van der Waals surface area contributed by atoms with Gasteiger partial charge in [0.1, 0.15) is 11.2 Å². The number of hydrogen-bond donors (Lipinski definition) is 1. The fourth-order valence-corrected chi connectivity index (χ4v) is 3.20. The van der Waals surface area contributed by atoms with E-state index in [9.17, 15) is 9.59 Å². The number of rotatable bonds is 4. The summed E-state index contributed by atoms with van der Waals surface area (Å²) >= 11 is 0. The first-order valence-electron chi connectivity index (χ1n) is 8.45. The molecule has 122 valence electrons. The van der Waals surface area contributed by atoms with Gasteiger partial charge in [-0.05, 0) is 37.8 Å². The highest BCUT2D eigenvalue weighted by atomic mass is 16.2. The molecule has 1 N–H and O–H groups in total. The van der Waals surface area contributed by atoms with Gasteiger partial charge in [0.25, 0.3) is 0 Å². The Kier molecular flexibility index (Phi) is 3.47. The molecule has 6 heteroatoms. The molecule has 0 bridgehead atoms. The molecule has 2 heterocycles. The van der Waals surface area contributed by atoms with Crippen LogP contribution in [0.5, 0.6) is 0 Å². The van der Waals surface area contributed by atoms with E-state index < -0.39 is 5.41 Å². The normalized spacial score (nSPS) is 22.6. The van der Waals surface area contributed by atoms with Crippen molar-refractivity contribution in [3.63, 3.8) is 0 Å². The maximum absolute atomic E-state index is 12.8. The molecule has 2 saturated carbocycles. The van der Waals surface area contributed by atoms with Gasteiger partial charge in [-0.3, -0.25) is 9.59 Å². The fourth-order valence-electron chi connectivity index (χ4n) is 3.20. The van der Waals surface area contributed by atoms with Gasteiger partial charge in [-0.25, -0.2) is 4.98 Å². The van der Waals surface area contributed by atoms with Crippen LogP contribution in [0.4, 0.5) is 5.82 Å². The third-order valence-corrected chi connectivity index (χ3v) is 5.05. The van der Waals surface area contributed by atoms with E-state index in [2.05, 4.69) is 15.2 Å². The van der Waals surface area contributed by atoms with E-state index in [0.29, 0.717) is 32.0 Å². The van der Waals surface area contributed by atoms with Gasteiger partial charge in [-0.2, -0.15) is 0 Å². The minimum Gasteiger partial charge on any atom is -0.353 e. The van der Waals surface area contributed by atoms with Crippen molar-refractivity contribution in [3.05, 3.63) is 24.4 Å². The smallest absolute Gasteiger partial charge is 0.238 e. The summed E-state index contributed by atoms with van der Waals surface area (Å²) < 4.78 is 0. The maximum Gasteiger partial charge on any atom is 0.238 e. The Morgan fingerprint density at radius 1 is 1.13 bits per heavy atom. The van der Waals surface area contributed by atoms with Crippen LogP contribution in [-0.4, -0.2) is 53.9 Å². The van der Waals surface area contributed by atoms with Gasteiger partial charge in [0.05, 0.1) is 0 Å². The molecule has 3 aliphatic rings. The molecular formula is C17H22N4O2. The van der Waals surface area contributed by atoms with Crippen LogP contribution < -0.4 is 10.2 Å². The summed E-state index contributed by atoms with van der Waals surface area (Å²) in [5.41, 5.74) is -0.754. The van der Waals surface area contributed by atoms with Crippen LogP contribution in [0.2, 0.25) is 0 Å². The number of piperazine rings is 1. The number of nitrogens with one attached hydrogen (secondary N) is 1. The van der Waals surface area contributed by atoms with Crippen LogP contribution in [0.3, 0.4) is 0 Å². The summed E-state index contributed by atoms with van der Waals surface area (Å²) in [5, 5.41) is 3.00. The second kappa shape index (κ2) is 5.51. The quantitative estimate of drug-likeness (QED) is 0.835. The van der Waals surface area contributed by atoms with E-state index in [0.717, 1.165) is 31.7 Å². The molecule has 3 fully saturated rings. The van der Waals surface area contributed by atoms with Crippen LogP contribution in [0.15, 0.2) is 24.4 Å². The first kappa shape index (κ1) is 14.5. The number of hydrogen-bond acceptors (Lipinski definition) is 4. The largest absolute Gasteiger partial charge is 0.353 e. The molecule has 23 heavy (non-hydrogen) atoms. The lowest BCUT2D eigenvalue weighted by molar-refractivity contribution is -0.144. The lowest BCUT2D eigenvalue weighted by Gasteiger charge is -2.36. The van der Waals surface area contributed by atoms with Gasteiger partial charge >= 0.3 is 0 Å². The van der Waals surface area contributed by atoms with Crippen molar-refractivity contribution in [2.75, 3.05) is 31.1 Å². The van der Waals surface area contributed by atoms with Crippen molar-refractivity contribution in [1.29, 1.82) is 0 Å². The number of anilines is 1. The SMILES string of the molecule is O=C(NC1CC1)C1(C(=O)N2CCN(c3ccccn3)CC2)CC1. The Morgan fingerprint density at radius 3 is 2.43 bits per heavy atom. The zero-order chi connectivity index (χ0) is 15.9. The van der Waals surface area contributed by atoms with Gasteiger partial charge in [-0.1, -0.05) is 6.07 Å². The number of carbonyl (C=O) groups excluding carboxylic acids is 2. The first-order valence-corrected chi connectivity index (χ1v) is 8.45. The van der Waals surface area contributed by atoms with Crippen molar-refractivity contribution in [1.82, 2.24) is 15.2 Å². The Hall–Kier alpha value is -2.11. The number of carbonyl (C=O) groups is 2. The summed E-state index contributed by atoms with van der Waals surface area (Å²) in [6, 6.07) is 6.18. The van der Waals surface area contributed by atoms with Gasteiger partial charge in [0, 0.05) is 38.4 Å². The fraction of sp³-hybridized carbons (Fsp3) is 0.588. The van der Waals surface area contributed by atoms with Gasteiger partial charge in [0.15, 0.2) is 0 Å². The maximum atomic E-state index is 12.8. The average Bonchev–Trinajstić information content (AvgIpc) is 3.49. The monoisotopic (exact) mass is 314 g/mol. The van der Waals surface area contributed by atoms with Crippen LogP contribution in [0.1, 0.15) is 25.7 Å². The first-order chi connectivity index (χ1) is 11.2. The summed E-state index contributed by atoms with van der Waals surface area (Å²) in [7, 11) is 0. The number of pyridine rings is 1. The van der Waals surface area contributed by atoms with Gasteiger partial charge < -0.3 is 15.1 Å². The van der Waals surface area contributed by atoms with Crippen molar-refractivity contribution < 1.29 is 9.59 Å². The molecule has 1 aromatic rings. The van der Waals surface area contributed by atoms with E-state index in [-0.39, 0.29) is 11.8 Å². The third-order valence-electron chi connectivity index (χ3n) is 5.05. The number of nitrogens with zero attached hydrogens (tertiary/aromatic N) is 3. The molecule has 0 radical (unpaired) electrons. The molecule has 1 saturated heterocycles. The molecule has 0 atom stereocenters. The highest BCUT2D eigenvalue weighted by molar-refractivity contribution is 6.08. The van der Waals surface area contributed by atoms with E-state index in [4.69, 9.17) is 0 Å². The summed E-state index contributed by atoms with van der Waals surface area (Å²) in [6.07, 6.45) is 5.29. The number of amides is 2. The highest BCUT2D eigenvalue weighted by Gasteiger charge is 2.58. The summed E-state index contributed by atoms with van der Waals surface area (Å²) in [4.78, 5) is 33.6. The second-order valence-corrected chi connectivity index (χ2v) is 6.80. The Balaban J connectivity index is 1.36. The Bertz CT molecular complexity index is 602. The topological polar surface area (TPSA) is 65.5 Å². The van der Waals surface area contributed by atoms with E-state index >= 15 is 0 Å². The minimum absolute atomic E-state index is 0.0244. The highest BCUT2D eigenvalue weighted by Crippen LogP contribution is 2.48. The van der Waals surface area contributed by atoms with Crippen molar-refractivity contribution in [3.8, 4) is 0 Å². The molecule has 2 aliphatic carbocycles. The molecule has 0 unspecified atom stereocenters. The predicted molar refractivity (Wildman–Crippen MR) is 85.9 cm³/mol. The van der Waals surface area contributed by atoms with E-state index in [1.54, 1.807) is 6.20 Å². The standard InChI is InChI=1S/C17H22N4O2/c22-15(19-13-4-5-13)17(6-7-17)16(23)21-11-9-20(10-12-21)14-3-1-2-8-18-14/h1-3,8,13H,4-7,9-12H2,(H,19,22). The van der Waals surface area contributed by atoms with Gasteiger partial charge in [0.2, 0.25) is 11.8 Å². The zero-order valence-corrected chi connectivity index (χ0v) is 13.2. The van der Waals surface area contributed by atoms with Gasteiger partial charge in [-0.15, -0.1) is 0 Å². The Morgan fingerprint density at radius 2 is 1.87 bits per heavy atom. The second-order valence-electron chi connectivity index (χ2n) is 6.80. The molecule has 1 aliphatic heterocycles. The number of aromatic nitrogens is 1. The van der Waals surface area contributed by atoms with Crippen molar-refractivity contribution in [2.24, 2.45) is 5.41 Å². The summed E-state index contributed by atoms with van der Waals surface area (Å²) in [6.45, 7) is 2.86. The van der Waals surface area contributed by atoms with Crippen LogP contribution in [-0.2, 0) is 9.59 Å². The molecule has 0 aromatic carbocycles. The van der Waals surface area contributed by atoms with Crippen molar-refractivity contribution in [2.45, 2.75) is 31.7 Å². The lowest BCUT2D eigenvalue weighted by atomic mass is 10.0. The molecule has 6 nitrogen and oxygen atoms in total. The Labute approximate surface area is 135 Å². The zero-order valence-electron chi connectivity index (χ0n) is 13.2. The predicted octanol–water partition coefficient (Wildman–Crippen LogP) is 0.789. The van der Waals surface area contributed by atoms with Crippen LogP contribution >= 0.6 is 0 Å². The van der Waals surface area contributed by atoms with E-state index in [1.165, 1.54) is 0 Å². The van der Waals surface area contributed by atoms with Crippen LogP contribution in [0.25, 0.3) is 0 Å². The van der Waals surface area contributed by atoms with E-state index in [1.807, 2.05) is 23.1 Å². The molecule has 4 rings (SSSR count). The molecule has 2 amide bonds. The molecule has 1 aromatic heterocycles. The molecular weight excluding hydrogens is 292 g/mol. The van der Waals surface area contributed by atoms with Crippen LogP contribution in [0, 0.1) is 5.41 Å². The summed E-state index contributed by atoms with van der Waals surface area (Å²) in [5.74, 6) is 0.931. The van der Waals surface area contributed by atoms with Crippen molar-refractivity contribution >= 4 is 17.6 Å². The average molecular weight is 314 g/mol. The minimum atomic E-state index is -0.754.